The van der Waals surface area contributed by atoms with E-state index in [4.69, 9.17) is 11.0 Å². The number of carbonyl (C=O) groups excluding carboxylic acids is 1. The summed E-state index contributed by atoms with van der Waals surface area (Å²) >= 11 is 0. The Kier molecular flexibility index (Phi) is 2.60. The van der Waals surface area contributed by atoms with Gasteiger partial charge in [0, 0.05) is 6.04 Å². The van der Waals surface area contributed by atoms with Gasteiger partial charge in [-0.3, -0.25) is 4.79 Å². The first-order chi connectivity index (χ1) is 9.17. The van der Waals surface area contributed by atoms with Crippen LogP contribution in [0.1, 0.15) is 18.4 Å². The Balaban J connectivity index is 1.94. The third kappa shape index (κ3) is 2.22. The third-order valence-electron chi connectivity index (χ3n) is 3.15. The van der Waals surface area contributed by atoms with Gasteiger partial charge in [-0.15, -0.1) is 0 Å². The van der Waals surface area contributed by atoms with Crippen molar-refractivity contribution in [3.8, 4) is 6.07 Å². The number of fused-ring (bicyclic) bond motifs is 1. The number of benzene rings is 1. The van der Waals surface area contributed by atoms with Crippen LogP contribution in [0.25, 0.3) is 11.0 Å². The molecule has 3 rings (SSSR count). The summed E-state index contributed by atoms with van der Waals surface area (Å²) in [5.41, 5.74) is 7.75. The molecule has 0 saturated heterocycles. The molecule has 96 valence electrons. The van der Waals surface area contributed by atoms with Crippen LogP contribution < -0.4 is 11.1 Å². The van der Waals surface area contributed by atoms with Gasteiger partial charge in [0.15, 0.2) is 0 Å². The lowest BCUT2D eigenvalue weighted by Crippen LogP contribution is -2.29. The first kappa shape index (κ1) is 11.5. The second-order valence-corrected chi connectivity index (χ2v) is 4.71. The zero-order valence-corrected chi connectivity index (χ0v) is 10.3. The summed E-state index contributed by atoms with van der Waals surface area (Å²) in [6, 6.07) is 7.50. The van der Waals surface area contributed by atoms with Gasteiger partial charge in [-0.25, -0.2) is 4.98 Å². The van der Waals surface area contributed by atoms with Gasteiger partial charge in [-0.2, -0.15) is 5.26 Å². The lowest BCUT2D eigenvalue weighted by Gasteiger charge is -2.07. The average molecular weight is 255 g/mol. The smallest absolute Gasteiger partial charge is 0.240 e. The Morgan fingerprint density at radius 3 is 3.05 bits per heavy atom. The van der Waals surface area contributed by atoms with Crippen LogP contribution in [0.2, 0.25) is 0 Å². The van der Waals surface area contributed by atoms with Crippen molar-refractivity contribution in [1.29, 1.82) is 5.26 Å². The van der Waals surface area contributed by atoms with E-state index in [1.807, 2.05) is 0 Å². The van der Waals surface area contributed by atoms with E-state index < -0.39 is 0 Å². The number of aromatic nitrogens is 2. The number of nitriles is 1. The molecule has 1 aromatic carbocycles. The number of hydrogen-bond acceptors (Lipinski definition) is 4. The van der Waals surface area contributed by atoms with Crippen LogP contribution in [0.3, 0.4) is 0 Å². The molecule has 0 aliphatic heterocycles. The average Bonchev–Trinajstić information content (AvgIpc) is 3.15. The first-order valence-corrected chi connectivity index (χ1v) is 6.12. The van der Waals surface area contributed by atoms with E-state index in [9.17, 15) is 4.79 Å². The molecular weight excluding hydrogens is 242 g/mol. The highest BCUT2D eigenvalue weighted by atomic mass is 16.2. The number of hydrogen-bond donors (Lipinski definition) is 2. The molecule has 0 bridgehead atoms. The highest BCUT2D eigenvalue weighted by Crippen LogP contribution is 2.21. The maximum atomic E-state index is 11.8. The van der Waals surface area contributed by atoms with Crippen molar-refractivity contribution in [2.24, 2.45) is 0 Å². The number of nitrogens with one attached hydrogen (secondary N) is 1. The number of rotatable bonds is 3. The van der Waals surface area contributed by atoms with Crippen molar-refractivity contribution in [1.82, 2.24) is 14.9 Å². The van der Waals surface area contributed by atoms with Gasteiger partial charge in [-0.05, 0) is 31.0 Å². The standard InChI is InChI=1S/C13H13N5O/c14-6-8-1-4-10-11(5-8)18(13(15)17-10)7-12(19)16-9-2-3-9/h1,4-5,9H,2-3,7H2,(H2,15,17)(H,16,19). The molecule has 0 atom stereocenters. The van der Waals surface area contributed by atoms with Crippen LogP contribution >= 0.6 is 0 Å². The molecule has 2 aromatic rings. The van der Waals surface area contributed by atoms with E-state index in [-0.39, 0.29) is 18.4 Å². The van der Waals surface area contributed by atoms with E-state index in [2.05, 4.69) is 16.4 Å². The van der Waals surface area contributed by atoms with E-state index in [1.165, 1.54) is 0 Å². The first-order valence-electron chi connectivity index (χ1n) is 6.12. The molecule has 19 heavy (non-hydrogen) atoms. The summed E-state index contributed by atoms with van der Waals surface area (Å²) in [5.74, 6) is 0.215. The molecule has 6 nitrogen and oxygen atoms in total. The van der Waals surface area contributed by atoms with Crippen molar-refractivity contribution in [2.45, 2.75) is 25.4 Å². The predicted octanol–water partition coefficient (Wildman–Crippen LogP) is 0.769. The monoisotopic (exact) mass is 255 g/mol. The van der Waals surface area contributed by atoms with Crippen LogP contribution in [0.15, 0.2) is 18.2 Å². The molecule has 0 spiro atoms. The molecule has 6 heteroatoms. The molecule has 1 saturated carbocycles. The van der Waals surface area contributed by atoms with Crippen LogP contribution in [0.5, 0.6) is 0 Å². The maximum Gasteiger partial charge on any atom is 0.240 e. The molecule has 3 N–H and O–H groups in total. The summed E-state index contributed by atoms with van der Waals surface area (Å²) in [5, 5.41) is 11.8. The second-order valence-electron chi connectivity index (χ2n) is 4.71. The fourth-order valence-electron chi connectivity index (χ4n) is 2.02. The van der Waals surface area contributed by atoms with Gasteiger partial charge >= 0.3 is 0 Å². The van der Waals surface area contributed by atoms with Crippen LogP contribution in [0, 0.1) is 11.3 Å². The summed E-state index contributed by atoms with van der Waals surface area (Å²) in [6.45, 7) is 0.133. The molecule has 0 radical (unpaired) electrons. The van der Waals surface area contributed by atoms with Gasteiger partial charge in [0.25, 0.3) is 0 Å². The Bertz CT molecular complexity index is 693. The molecule has 1 heterocycles. The molecule has 1 amide bonds. The molecule has 1 aliphatic carbocycles. The Hall–Kier alpha value is -2.55. The molecule has 1 aliphatic rings. The minimum absolute atomic E-state index is 0.0733. The number of nitrogens with two attached hydrogens (primary N) is 1. The van der Waals surface area contributed by atoms with E-state index >= 15 is 0 Å². The fraction of sp³-hybridized carbons (Fsp3) is 0.308. The number of anilines is 1. The van der Waals surface area contributed by atoms with Crippen molar-refractivity contribution < 1.29 is 4.79 Å². The largest absolute Gasteiger partial charge is 0.369 e. The van der Waals surface area contributed by atoms with E-state index in [0.29, 0.717) is 22.6 Å². The number of amides is 1. The Labute approximate surface area is 109 Å². The van der Waals surface area contributed by atoms with Crippen LogP contribution in [-0.4, -0.2) is 21.5 Å². The molecule has 1 aromatic heterocycles. The van der Waals surface area contributed by atoms with Gasteiger partial charge in [-0.1, -0.05) is 0 Å². The van der Waals surface area contributed by atoms with Gasteiger partial charge in [0.1, 0.15) is 6.54 Å². The normalized spacial score (nSPS) is 14.3. The van der Waals surface area contributed by atoms with Crippen LogP contribution in [-0.2, 0) is 11.3 Å². The highest BCUT2D eigenvalue weighted by Gasteiger charge is 2.23. The minimum atomic E-state index is -0.0733. The van der Waals surface area contributed by atoms with Gasteiger partial charge in [0.2, 0.25) is 11.9 Å². The number of imidazole rings is 1. The maximum absolute atomic E-state index is 11.8. The van der Waals surface area contributed by atoms with Crippen molar-refractivity contribution in [3.05, 3.63) is 23.8 Å². The van der Waals surface area contributed by atoms with E-state index in [0.717, 1.165) is 12.8 Å². The van der Waals surface area contributed by atoms with Crippen molar-refractivity contribution in [2.75, 3.05) is 5.73 Å². The van der Waals surface area contributed by atoms with Crippen LogP contribution in [0.4, 0.5) is 5.95 Å². The zero-order valence-electron chi connectivity index (χ0n) is 10.3. The lowest BCUT2D eigenvalue weighted by molar-refractivity contribution is -0.121. The number of nitrogen functional groups attached to an aromatic ring is 1. The highest BCUT2D eigenvalue weighted by molar-refractivity contribution is 5.83. The van der Waals surface area contributed by atoms with E-state index in [1.54, 1.807) is 22.8 Å². The van der Waals surface area contributed by atoms with Gasteiger partial charge in [0.05, 0.1) is 22.7 Å². The quantitative estimate of drug-likeness (QED) is 0.846. The summed E-state index contributed by atoms with van der Waals surface area (Å²) in [7, 11) is 0. The lowest BCUT2D eigenvalue weighted by atomic mass is 10.2. The number of carbonyl (C=O) groups is 1. The predicted molar refractivity (Wildman–Crippen MR) is 70.0 cm³/mol. The Morgan fingerprint density at radius 1 is 1.58 bits per heavy atom. The van der Waals surface area contributed by atoms with Gasteiger partial charge < -0.3 is 15.6 Å². The fourth-order valence-corrected chi connectivity index (χ4v) is 2.02. The summed E-state index contributed by atoms with van der Waals surface area (Å²) < 4.78 is 1.63. The SMILES string of the molecule is N#Cc1ccc2nc(N)n(CC(=O)NC3CC3)c2c1. The molecular formula is C13H13N5O. The molecule has 0 unspecified atom stereocenters. The summed E-state index contributed by atoms with van der Waals surface area (Å²) in [4.78, 5) is 16.0. The third-order valence-corrected chi connectivity index (χ3v) is 3.15. The molecule has 1 fully saturated rings. The van der Waals surface area contributed by atoms with Crippen molar-refractivity contribution >= 4 is 22.9 Å². The number of nitrogens with zero attached hydrogens (tertiary/aromatic N) is 3. The zero-order chi connectivity index (χ0) is 13.4. The van der Waals surface area contributed by atoms with Crippen molar-refractivity contribution in [3.63, 3.8) is 0 Å². The second kappa shape index (κ2) is 4.28. The summed E-state index contributed by atoms with van der Waals surface area (Å²) in [6.07, 6.45) is 2.09. The minimum Gasteiger partial charge on any atom is -0.369 e. The topological polar surface area (TPSA) is 96.7 Å². The Morgan fingerprint density at radius 2 is 2.37 bits per heavy atom.